The van der Waals surface area contributed by atoms with Crippen molar-refractivity contribution in [1.29, 1.82) is 0 Å². The van der Waals surface area contributed by atoms with Crippen molar-refractivity contribution in [2.24, 2.45) is 0 Å². The summed E-state index contributed by atoms with van der Waals surface area (Å²) in [5.74, 6) is 1.85. The van der Waals surface area contributed by atoms with Crippen molar-refractivity contribution >= 4 is 33.0 Å². The third-order valence-electron chi connectivity index (χ3n) is 5.42. The van der Waals surface area contributed by atoms with Crippen LogP contribution < -0.4 is 20.3 Å². The summed E-state index contributed by atoms with van der Waals surface area (Å²) in [4.78, 5) is 25.7. The molecule has 9 heteroatoms. The molecule has 0 fully saturated rings. The SMILES string of the molecule is CCc1nn(CC(=O)N[C@@H](C)c2ccc3c(c2)OCCO3)c(=O)c2cc3sccc3n12. The van der Waals surface area contributed by atoms with E-state index in [2.05, 4.69) is 10.4 Å². The maximum absolute atomic E-state index is 13.0. The third kappa shape index (κ3) is 3.44. The van der Waals surface area contributed by atoms with E-state index in [1.807, 2.05) is 54.0 Å². The highest BCUT2D eigenvalue weighted by Gasteiger charge is 2.18. The summed E-state index contributed by atoms with van der Waals surface area (Å²) in [5.41, 5.74) is 2.14. The zero-order valence-corrected chi connectivity index (χ0v) is 18.1. The molecule has 1 N–H and O–H groups in total. The second-order valence-electron chi connectivity index (χ2n) is 7.46. The molecule has 0 saturated carbocycles. The Labute approximate surface area is 182 Å². The van der Waals surface area contributed by atoms with Gasteiger partial charge < -0.3 is 14.8 Å². The molecule has 31 heavy (non-hydrogen) atoms. The Balaban J connectivity index is 1.39. The molecule has 8 nitrogen and oxygen atoms in total. The number of nitrogens with zero attached hydrogens (tertiary/aromatic N) is 3. The minimum absolute atomic E-state index is 0.143. The van der Waals surface area contributed by atoms with Crippen LogP contribution in [0.1, 0.15) is 31.3 Å². The monoisotopic (exact) mass is 438 g/mol. The van der Waals surface area contributed by atoms with Gasteiger partial charge in [-0.25, -0.2) is 4.68 Å². The molecular weight excluding hydrogens is 416 g/mol. The van der Waals surface area contributed by atoms with Crippen LogP contribution in [0, 0.1) is 0 Å². The van der Waals surface area contributed by atoms with Gasteiger partial charge in [-0.1, -0.05) is 13.0 Å². The summed E-state index contributed by atoms with van der Waals surface area (Å²) in [5, 5.41) is 9.41. The smallest absolute Gasteiger partial charge is 0.291 e. The van der Waals surface area contributed by atoms with Gasteiger partial charge in [0, 0.05) is 6.42 Å². The van der Waals surface area contributed by atoms with Crippen molar-refractivity contribution in [1.82, 2.24) is 19.5 Å². The van der Waals surface area contributed by atoms with E-state index in [0.717, 1.165) is 21.6 Å². The predicted molar refractivity (Wildman–Crippen MR) is 118 cm³/mol. The molecule has 0 bridgehead atoms. The molecule has 3 aromatic heterocycles. The summed E-state index contributed by atoms with van der Waals surface area (Å²) < 4.78 is 15.3. The normalized spacial score (nSPS) is 14.1. The number of ether oxygens (including phenoxy) is 2. The van der Waals surface area contributed by atoms with Crippen molar-refractivity contribution in [3.8, 4) is 11.5 Å². The first kappa shape index (κ1) is 19.6. The summed E-state index contributed by atoms with van der Waals surface area (Å²) >= 11 is 1.58. The number of nitrogens with one attached hydrogen (secondary N) is 1. The maximum Gasteiger partial charge on any atom is 0.291 e. The number of aryl methyl sites for hydroxylation is 1. The molecule has 4 aromatic rings. The van der Waals surface area contributed by atoms with Gasteiger partial charge >= 0.3 is 0 Å². The van der Waals surface area contributed by atoms with Crippen molar-refractivity contribution in [2.75, 3.05) is 13.2 Å². The lowest BCUT2D eigenvalue weighted by Crippen LogP contribution is -2.36. The van der Waals surface area contributed by atoms with Crippen molar-refractivity contribution in [3.63, 3.8) is 0 Å². The van der Waals surface area contributed by atoms with Crippen LogP contribution in [-0.2, 0) is 17.8 Å². The average Bonchev–Trinajstić information content (AvgIpc) is 3.37. The Morgan fingerprint density at radius 2 is 2.00 bits per heavy atom. The van der Waals surface area contributed by atoms with E-state index in [-0.39, 0.29) is 24.1 Å². The topological polar surface area (TPSA) is 86.9 Å². The molecule has 0 aliphatic carbocycles. The second kappa shape index (κ2) is 7.73. The van der Waals surface area contributed by atoms with Crippen LogP contribution in [0.25, 0.3) is 15.7 Å². The Morgan fingerprint density at radius 1 is 1.19 bits per heavy atom. The Morgan fingerprint density at radius 3 is 2.81 bits per heavy atom. The minimum atomic E-state index is -0.281. The van der Waals surface area contributed by atoms with Crippen LogP contribution in [-0.4, -0.2) is 33.3 Å². The molecule has 160 valence electrons. The molecule has 1 aliphatic rings. The van der Waals surface area contributed by atoms with E-state index >= 15 is 0 Å². The first-order valence-corrected chi connectivity index (χ1v) is 11.1. The molecule has 1 aliphatic heterocycles. The fourth-order valence-corrected chi connectivity index (χ4v) is 4.70. The number of fused-ring (bicyclic) bond motifs is 4. The Kier molecular flexibility index (Phi) is 4.90. The number of hydrogen-bond acceptors (Lipinski definition) is 6. The average molecular weight is 439 g/mol. The summed E-state index contributed by atoms with van der Waals surface area (Å²) in [7, 11) is 0. The standard InChI is InChI=1S/C22H22N4O4S/c1-3-20-24-25(22(28)16-11-19-15(26(16)20)6-9-31-19)12-21(27)23-13(2)14-4-5-17-18(10-14)30-8-7-29-17/h4-6,9-11,13H,3,7-8,12H2,1-2H3,(H,23,27)/t13-/m0/s1. The van der Waals surface area contributed by atoms with Crippen molar-refractivity contribution < 1.29 is 14.3 Å². The number of hydrogen-bond donors (Lipinski definition) is 1. The lowest BCUT2D eigenvalue weighted by molar-refractivity contribution is -0.122. The number of carbonyl (C=O) groups is 1. The number of carbonyl (C=O) groups excluding carboxylic acids is 1. The van der Waals surface area contributed by atoms with Crippen LogP contribution in [0.4, 0.5) is 0 Å². The minimum Gasteiger partial charge on any atom is -0.486 e. The first-order chi connectivity index (χ1) is 15.0. The van der Waals surface area contributed by atoms with Crippen molar-refractivity contribution in [3.05, 3.63) is 57.5 Å². The van der Waals surface area contributed by atoms with Gasteiger partial charge in [0.1, 0.15) is 31.1 Å². The molecule has 5 rings (SSSR count). The van der Waals surface area contributed by atoms with Gasteiger partial charge in [-0.2, -0.15) is 5.10 Å². The van der Waals surface area contributed by atoms with Crippen LogP contribution in [0.3, 0.4) is 0 Å². The first-order valence-electron chi connectivity index (χ1n) is 10.2. The zero-order chi connectivity index (χ0) is 21.5. The quantitative estimate of drug-likeness (QED) is 0.518. The fraction of sp³-hybridized carbons (Fsp3) is 0.318. The van der Waals surface area contributed by atoms with Gasteiger partial charge in [-0.3, -0.25) is 14.0 Å². The number of benzene rings is 1. The van der Waals surface area contributed by atoms with Crippen LogP contribution in [0.15, 0.2) is 40.5 Å². The third-order valence-corrected chi connectivity index (χ3v) is 6.28. The van der Waals surface area contributed by atoms with E-state index in [0.29, 0.717) is 36.7 Å². The van der Waals surface area contributed by atoms with Gasteiger partial charge in [-0.15, -0.1) is 11.3 Å². The summed E-state index contributed by atoms with van der Waals surface area (Å²) in [6.45, 7) is 4.77. The number of amides is 1. The van der Waals surface area contributed by atoms with Crippen LogP contribution in [0.5, 0.6) is 11.5 Å². The number of rotatable bonds is 5. The number of thiophene rings is 1. The Bertz CT molecular complexity index is 1350. The van der Waals surface area contributed by atoms with E-state index < -0.39 is 0 Å². The zero-order valence-electron chi connectivity index (χ0n) is 17.3. The van der Waals surface area contributed by atoms with Gasteiger partial charge in [0.05, 0.1) is 16.3 Å². The highest BCUT2D eigenvalue weighted by atomic mass is 32.1. The predicted octanol–water partition coefficient (Wildman–Crippen LogP) is 2.92. The largest absolute Gasteiger partial charge is 0.486 e. The maximum atomic E-state index is 13.0. The molecule has 1 atom stereocenters. The van der Waals surface area contributed by atoms with Crippen LogP contribution >= 0.6 is 11.3 Å². The highest BCUT2D eigenvalue weighted by molar-refractivity contribution is 7.17. The molecule has 1 amide bonds. The molecule has 4 heterocycles. The van der Waals surface area contributed by atoms with Gasteiger partial charge in [-0.05, 0) is 42.1 Å². The fourth-order valence-electron chi connectivity index (χ4n) is 3.89. The molecule has 0 saturated heterocycles. The lowest BCUT2D eigenvalue weighted by Gasteiger charge is -2.21. The molecular formula is C22H22N4O4S. The van der Waals surface area contributed by atoms with E-state index in [4.69, 9.17) is 9.47 Å². The molecule has 0 spiro atoms. The highest BCUT2D eigenvalue weighted by Crippen LogP contribution is 2.32. The van der Waals surface area contributed by atoms with Crippen molar-refractivity contribution in [2.45, 2.75) is 32.9 Å². The second-order valence-corrected chi connectivity index (χ2v) is 8.41. The summed E-state index contributed by atoms with van der Waals surface area (Å²) in [6, 6.07) is 9.22. The molecule has 0 radical (unpaired) electrons. The van der Waals surface area contributed by atoms with E-state index in [9.17, 15) is 9.59 Å². The van der Waals surface area contributed by atoms with E-state index in [1.165, 1.54) is 4.68 Å². The van der Waals surface area contributed by atoms with Gasteiger partial charge in [0.15, 0.2) is 11.5 Å². The summed E-state index contributed by atoms with van der Waals surface area (Å²) in [6.07, 6.45) is 0.644. The molecule has 0 unspecified atom stereocenters. The Hall–Kier alpha value is -3.33. The lowest BCUT2D eigenvalue weighted by atomic mass is 10.1. The van der Waals surface area contributed by atoms with E-state index in [1.54, 1.807) is 11.3 Å². The molecule has 1 aromatic carbocycles. The van der Waals surface area contributed by atoms with Crippen LogP contribution in [0.2, 0.25) is 0 Å². The number of aromatic nitrogens is 3. The van der Waals surface area contributed by atoms with Gasteiger partial charge in [0.2, 0.25) is 5.91 Å². The van der Waals surface area contributed by atoms with Gasteiger partial charge in [0.25, 0.3) is 5.56 Å².